The van der Waals surface area contributed by atoms with E-state index in [9.17, 15) is 5.11 Å². The highest BCUT2D eigenvalue weighted by Gasteiger charge is 2.15. The summed E-state index contributed by atoms with van der Waals surface area (Å²) >= 11 is 0. The minimum atomic E-state index is -0.333. The minimum Gasteiger partial charge on any atom is -0.390 e. The van der Waals surface area contributed by atoms with Crippen LogP contribution in [-0.4, -0.2) is 55.5 Å². The molecule has 4 nitrogen and oxygen atoms in total. The number of β-amino-alcohol motifs (C(OH)–C–C–N with tert-alkyl or cyclic N) is 1. The number of aryl methyl sites for hydroxylation is 1. The lowest BCUT2D eigenvalue weighted by Gasteiger charge is -2.29. The highest BCUT2D eigenvalue weighted by molar-refractivity contribution is 5.24. The standard InChI is InChI=1S/C16H26N2O2/c1-13-4-3-5-15(10-13)14(2)17-11-16(19)12-18-6-8-20-9-7-18/h3-5,10,14,16-17,19H,6-9,11-12H2,1-2H3/t14-,16?/m0/s1. The topological polar surface area (TPSA) is 44.7 Å². The van der Waals surface area contributed by atoms with E-state index < -0.39 is 0 Å². The van der Waals surface area contributed by atoms with Crippen LogP contribution in [0.25, 0.3) is 0 Å². The third-order valence-corrected chi connectivity index (χ3v) is 3.77. The van der Waals surface area contributed by atoms with Gasteiger partial charge in [-0.3, -0.25) is 4.90 Å². The molecule has 0 aliphatic carbocycles. The Morgan fingerprint density at radius 3 is 2.80 bits per heavy atom. The normalized spacial score (nSPS) is 19.8. The Bertz CT molecular complexity index is 405. The molecule has 2 rings (SSSR count). The van der Waals surface area contributed by atoms with Gasteiger partial charge in [0.25, 0.3) is 0 Å². The van der Waals surface area contributed by atoms with Crippen molar-refractivity contribution in [2.45, 2.75) is 26.0 Å². The first-order valence-corrected chi connectivity index (χ1v) is 7.43. The lowest BCUT2D eigenvalue weighted by molar-refractivity contribution is 0.0145. The molecule has 1 aliphatic rings. The molecule has 2 N–H and O–H groups in total. The number of aliphatic hydroxyl groups is 1. The van der Waals surface area contributed by atoms with Crippen LogP contribution in [-0.2, 0) is 4.74 Å². The maximum absolute atomic E-state index is 10.1. The lowest BCUT2D eigenvalue weighted by Crippen LogP contribution is -2.44. The monoisotopic (exact) mass is 278 g/mol. The van der Waals surface area contributed by atoms with E-state index in [1.807, 2.05) is 0 Å². The van der Waals surface area contributed by atoms with Gasteiger partial charge in [0, 0.05) is 32.2 Å². The Balaban J connectivity index is 1.73. The predicted molar refractivity (Wildman–Crippen MR) is 80.9 cm³/mol. The summed E-state index contributed by atoms with van der Waals surface area (Å²) < 4.78 is 5.31. The van der Waals surface area contributed by atoms with Crippen LogP contribution in [0.5, 0.6) is 0 Å². The Kier molecular flexibility index (Phi) is 5.98. The van der Waals surface area contributed by atoms with Gasteiger partial charge in [-0.15, -0.1) is 0 Å². The second-order valence-corrected chi connectivity index (χ2v) is 5.61. The summed E-state index contributed by atoms with van der Waals surface area (Å²) in [5.41, 5.74) is 2.54. The van der Waals surface area contributed by atoms with Crippen LogP contribution in [0.3, 0.4) is 0 Å². The van der Waals surface area contributed by atoms with Gasteiger partial charge >= 0.3 is 0 Å². The first kappa shape index (κ1) is 15.4. The van der Waals surface area contributed by atoms with Gasteiger partial charge in [0.05, 0.1) is 19.3 Å². The SMILES string of the molecule is Cc1cccc([C@H](C)NCC(O)CN2CCOCC2)c1. The van der Waals surface area contributed by atoms with E-state index in [-0.39, 0.29) is 12.1 Å². The Morgan fingerprint density at radius 1 is 1.35 bits per heavy atom. The van der Waals surface area contributed by atoms with Gasteiger partial charge in [-0.2, -0.15) is 0 Å². The summed E-state index contributed by atoms with van der Waals surface area (Å²) in [6, 6.07) is 8.75. The van der Waals surface area contributed by atoms with Crippen molar-refractivity contribution in [2.24, 2.45) is 0 Å². The first-order valence-electron chi connectivity index (χ1n) is 7.43. The summed E-state index contributed by atoms with van der Waals surface area (Å²) in [6.07, 6.45) is -0.333. The average Bonchev–Trinajstić information content (AvgIpc) is 2.46. The molecule has 0 radical (unpaired) electrons. The molecule has 20 heavy (non-hydrogen) atoms. The molecule has 1 saturated heterocycles. The molecule has 1 fully saturated rings. The molecule has 1 heterocycles. The first-order chi connectivity index (χ1) is 9.65. The van der Waals surface area contributed by atoms with Crippen LogP contribution in [0, 0.1) is 6.92 Å². The van der Waals surface area contributed by atoms with E-state index in [0.29, 0.717) is 6.54 Å². The largest absolute Gasteiger partial charge is 0.390 e. The van der Waals surface area contributed by atoms with Gasteiger partial charge < -0.3 is 15.2 Å². The second-order valence-electron chi connectivity index (χ2n) is 5.61. The fourth-order valence-corrected chi connectivity index (χ4v) is 2.52. The van der Waals surface area contributed by atoms with E-state index >= 15 is 0 Å². The van der Waals surface area contributed by atoms with Gasteiger partial charge in [-0.1, -0.05) is 29.8 Å². The average molecular weight is 278 g/mol. The molecular weight excluding hydrogens is 252 g/mol. The number of ether oxygens (including phenoxy) is 1. The molecule has 1 unspecified atom stereocenters. The molecule has 0 saturated carbocycles. The van der Waals surface area contributed by atoms with Crippen LogP contribution in [0.2, 0.25) is 0 Å². The summed E-state index contributed by atoms with van der Waals surface area (Å²) in [5, 5.41) is 13.5. The molecule has 2 atom stereocenters. The number of hydrogen-bond donors (Lipinski definition) is 2. The fraction of sp³-hybridized carbons (Fsp3) is 0.625. The predicted octanol–water partition coefficient (Wildman–Crippen LogP) is 1.34. The van der Waals surface area contributed by atoms with E-state index in [0.717, 1.165) is 32.8 Å². The number of aliphatic hydroxyl groups excluding tert-OH is 1. The summed E-state index contributed by atoms with van der Waals surface area (Å²) in [6.45, 7) is 8.97. The molecule has 1 aromatic rings. The number of morpholine rings is 1. The lowest BCUT2D eigenvalue weighted by atomic mass is 10.1. The molecule has 0 bridgehead atoms. The van der Waals surface area contributed by atoms with E-state index in [4.69, 9.17) is 4.74 Å². The van der Waals surface area contributed by atoms with Crippen LogP contribution in [0.15, 0.2) is 24.3 Å². The second kappa shape index (κ2) is 7.74. The van der Waals surface area contributed by atoms with Crippen molar-refractivity contribution in [3.8, 4) is 0 Å². The van der Waals surface area contributed by atoms with Crippen LogP contribution in [0.1, 0.15) is 24.1 Å². The molecule has 0 amide bonds. The Morgan fingerprint density at radius 2 is 2.10 bits per heavy atom. The molecule has 0 spiro atoms. The highest BCUT2D eigenvalue weighted by atomic mass is 16.5. The summed E-state index contributed by atoms with van der Waals surface area (Å²) in [7, 11) is 0. The number of benzene rings is 1. The van der Waals surface area contributed by atoms with Crippen molar-refractivity contribution in [1.82, 2.24) is 10.2 Å². The maximum Gasteiger partial charge on any atom is 0.0791 e. The fourth-order valence-electron chi connectivity index (χ4n) is 2.52. The van der Waals surface area contributed by atoms with Crippen LogP contribution < -0.4 is 5.32 Å². The minimum absolute atomic E-state index is 0.259. The molecule has 4 heteroatoms. The third-order valence-electron chi connectivity index (χ3n) is 3.77. The molecule has 0 aromatic heterocycles. The van der Waals surface area contributed by atoms with Gasteiger partial charge in [0.15, 0.2) is 0 Å². The van der Waals surface area contributed by atoms with Crippen molar-refractivity contribution >= 4 is 0 Å². The number of nitrogens with zero attached hydrogens (tertiary/aromatic N) is 1. The van der Waals surface area contributed by atoms with Gasteiger partial charge in [0.2, 0.25) is 0 Å². The molecular formula is C16H26N2O2. The van der Waals surface area contributed by atoms with Crippen molar-refractivity contribution in [2.75, 3.05) is 39.4 Å². The van der Waals surface area contributed by atoms with Crippen LogP contribution in [0.4, 0.5) is 0 Å². The van der Waals surface area contributed by atoms with E-state index in [2.05, 4.69) is 48.3 Å². The Hall–Kier alpha value is -0.940. The van der Waals surface area contributed by atoms with Gasteiger partial charge in [0.1, 0.15) is 0 Å². The highest BCUT2D eigenvalue weighted by Crippen LogP contribution is 2.13. The number of nitrogens with one attached hydrogen (secondary N) is 1. The third kappa shape index (κ3) is 4.87. The zero-order valence-electron chi connectivity index (χ0n) is 12.5. The van der Waals surface area contributed by atoms with Crippen molar-refractivity contribution in [1.29, 1.82) is 0 Å². The van der Waals surface area contributed by atoms with Crippen LogP contribution >= 0.6 is 0 Å². The Labute approximate surface area is 121 Å². The van der Waals surface area contributed by atoms with Gasteiger partial charge in [-0.05, 0) is 19.4 Å². The summed E-state index contributed by atoms with van der Waals surface area (Å²) in [4.78, 5) is 2.26. The maximum atomic E-state index is 10.1. The number of rotatable bonds is 6. The zero-order chi connectivity index (χ0) is 14.4. The quantitative estimate of drug-likeness (QED) is 0.824. The van der Waals surface area contributed by atoms with Gasteiger partial charge in [-0.25, -0.2) is 0 Å². The van der Waals surface area contributed by atoms with E-state index in [1.54, 1.807) is 0 Å². The zero-order valence-corrected chi connectivity index (χ0v) is 12.5. The smallest absolute Gasteiger partial charge is 0.0791 e. The number of hydrogen-bond acceptors (Lipinski definition) is 4. The van der Waals surface area contributed by atoms with E-state index in [1.165, 1.54) is 11.1 Å². The molecule has 1 aliphatic heterocycles. The molecule has 112 valence electrons. The van der Waals surface area contributed by atoms with Crippen molar-refractivity contribution < 1.29 is 9.84 Å². The molecule has 1 aromatic carbocycles. The van der Waals surface area contributed by atoms with Crippen molar-refractivity contribution in [3.05, 3.63) is 35.4 Å². The summed E-state index contributed by atoms with van der Waals surface area (Å²) in [5.74, 6) is 0. The van der Waals surface area contributed by atoms with Crippen molar-refractivity contribution in [3.63, 3.8) is 0 Å².